The Labute approximate surface area is 181 Å². The fourth-order valence-electron chi connectivity index (χ4n) is 3.04. The molecular formula is C21H20F2N2O7. The Hall–Kier alpha value is -3.89. The van der Waals surface area contributed by atoms with Crippen LogP contribution in [0.15, 0.2) is 42.5 Å². The molecule has 0 fully saturated rings. The number of non-ortho nitro benzene ring substituents is 1. The van der Waals surface area contributed by atoms with Gasteiger partial charge in [0.25, 0.3) is 5.69 Å². The van der Waals surface area contributed by atoms with Gasteiger partial charge in [-0.15, -0.1) is 0 Å². The van der Waals surface area contributed by atoms with Gasteiger partial charge in [0.2, 0.25) is 5.91 Å². The Morgan fingerprint density at radius 3 is 2.22 bits per heavy atom. The number of carbonyl (C=O) groups is 3. The van der Waals surface area contributed by atoms with E-state index in [4.69, 9.17) is 4.74 Å². The Morgan fingerprint density at radius 2 is 1.69 bits per heavy atom. The molecule has 32 heavy (non-hydrogen) atoms. The fourth-order valence-corrected chi connectivity index (χ4v) is 3.04. The molecule has 2 aromatic carbocycles. The predicted molar refractivity (Wildman–Crippen MR) is 106 cm³/mol. The molecule has 0 aliphatic carbocycles. The van der Waals surface area contributed by atoms with Gasteiger partial charge in [-0.1, -0.05) is 18.2 Å². The topological polar surface area (TPSA) is 125 Å². The van der Waals surface area contributed by atoms with Crippen LogP contribution < -0.4 is 5.32 Å². The van der Waals surface area contributed by atoms with Crippen molar-refractivity contribution in [2.75, 3.05) is 14.2 Å². The first-order valence-electron chi connectivity index (χ1n) is 9.28. The fraction of sp³-hybridized carbons (Fsp3) is 0.286. The second-order valence-corrected chi connectivity index (χ2v) is 6.73. The Morgan fingerprint density at radius 1 is 1.03 bits per heavy atom. The van der Waals surface area contributed by atoms with Gasteiger partial charge < -0.3 is 14.8 Å². The number of nitro benzene ring substituents is 1. The Kier molecular flexibility index (Phi) is 8.33. The van der Waals surface area contributed by atoms with Crippen LogP contribution in [0.5, 0.6) is 0 Å². The number of rotatable bonds is 9. The number of carbonyl (C=O) groups excluding carboxylic acids is 3. The molecule has 0 aliphatic heterocycles. The lowest BCUT2D eigenvalue weighted by molar-refractivity contribution is -0.384. The summed E-state index contributed by atoms with van der Waals surface area (Å²) in [6.45, 7) is 0. The van der Waals surface area contributed by atoms with Crippen molar-refractivity contribution < 1.29 is 37.6 Å². The van der Waals surface area contributed by atoms with Gasteiger partial charge in [-0.2, -0.15) is 0 Å². The minimum Gasteiger partial charge on any atom is -0.469 e. The van der Waals surface area contributed by atoms with Crippen molar-refractivity contribution >= 4 is 23.5 Å². The largest absolute Gasteiger partial charge is 0.469 e. The van der Waals surface area contributed by atoms with Crippen LogP contribution >= 0.6 is 0 Å². The molecule has 1 N–H and O–H groups in total. The molecule has 2 atom stereocenters. The number of ether oxygens (including phenoxy) is 2. The number of benzene rings is 2. The summed E-state index contributed by atoms with van der Waals surface area (Å²) in [6.07, 6.45) is -0.727. The number of amides is 1. The van der Waals surface area contributed by atoms with Gasteiger partial charge in [0.15, 0.2) is 11.6 Å². The third-order valence-corrected chi connectivity index (χ3v) is 4.67. The van der Waals surface area contributed by atoms with Crippen molar-refractivity contribution in [2.45, 2.75) is 24.8 Å². The number of hydrogen-bond donors (Lipinski definition) is 1. The molecule has 0 radical (unpaired) electrons. The van der Waals surface area contributed by atoms with E-state index in [-0.39, 0.29) is 24.1 Å². The molecular weight excluding hydrogens is 430 g/mol. The SMILES string of the molecule is COC(=O)C[C@H](c1ccc([N+](=O)[O-])cc1)[C@H](NC(=O)Cc1ccc(F)c(F)c1)C(=O)OC. The van der Waals surface area contributed by atoms with E-state index >= 15 is 0 Å². The number of hydrogen-bond acceptors (Lipinski definition) is 7. The van der Waals surface area contributed by atoms with E-state index in [1.54, 1.807) is 0 Å². The summed E-state index contributed by atoms with van der Waals surface area (Å²) in [4.78, 5) is 47.2. The first-order chi connectivity index (χ1) is 15.2. The maximum Gasteiger partial charge on any atom is 0.329 e. The zero-order chi connectivity index (χ0) is 23.8. The molecule has 9 nitrogen and oxygen atoms in total. The molecule has 2 aromatic rings. The summed E-state index contributed by atoms with van der Waals surface area (Å²) in [5, 5.41) is 13.4. The molecule has 0 unspecified atom stereocenters. The van der Waals surface area contributed by atoms with Gasteiger partial charge >= 0.3 is 11.9 Å². The standard InChI is InChI=1S/C21H20F2N2O7/c1-31-19(27)11-15(13-4-6-14(7-5-13)25(29)30)20(21(28)32-2)24-18(26)10-12-3-8-16(22)17(23)9-12/h3-9,15,20H,10-11H2,1-2H3,(H,24,26)/t15-,20+/m1/s1. The molecule has 0 bridgehead atoms. The molecule has 0 saturated heterocycles. The molecule has 0 saturated carbocycles. The zero-order valence-electron chi connectivity index (χ0n) is 17.2. The number of esters is 2. The minimum absolute atomic E-state index is 0.157. The second kappa shape index (κ2) is 10.9. The number of nitro groups is 1. The van der Waals surface area contributed by atoms with E-state index < -0.39 is 46.4 Å². The summed E-state index contributed by atoms with van der Waals surface area (Å²) in [7, 11) is 2.23. The van der Waals surface area contributed by atoms with E-state index in [0.29, 0.717) is 5.56 Å². The van der Waals surface area contributed by atoms with Crippen LogP contribution in [0.1, 0.15) is 23.5 Å². The molecule has 0 aromatic heterocycles. The quantitative estimate of drug-likeness (QED) is 0.353. The van der Waals surface area contributed by atoms with Gasteiger partial charge in [0.05, 0.1) is 32.0 Å². The normalized spacial score (nSPS) is 12.4. The third kappa shape index (κ3) is 6.30. The van der Waals surface area contributed by atoms with Gasteiger partial charge in [-0.25, -0.2) is 13.6 Å². The van der Waals surface area contributed by atoms with E-state index in [9.17, 15) is 33.3 Å². The highest BCUT2D eigenvalue weighted by Gasteiger charge is 2.34. The van der Waals surface area contributed by atoms with E-state index in [1.807, 2.05) is 0 Å². The van der Waals surface area contributed by atoms with Crippen LogP contribution in [0.3, 0.4) is 0 Å². The maximum absolute atomic E-state index is 13.4. The number of halogens is 2. The zero-order valence-corrected chi connectivity index (χ0v) is 17.2. The molecule has 0 spiro atoms. The van der Waals surface area contributed by atoms with Crippen molar-refractivity contribution in [3.05, 3.63) is 75.3 Å². The molecule has 170 valence electrons. The van der Waals surface area contributed by atoms with Crippen LogP contribution in [0, 0.1) is 21.7 Å². The first-order valence-corrected chi connectivity index (χ1v) is 9.28. The van der Waals surface area contributed by atoms with E-state index in [2.05, 4.69) is 10.1 Å². The lowest BCUT2D eigenvalue weighted by Gasteiger charge is -2.26. The van der Waals surface area contributed by atoms with E-state index in [0.717, 1.165) is 26.4 Å². The Bertz CT molecular complexity index is 1010. The Balaban J connectivity index is 2.33. The van der Waals surface area contributed by atoms with Crippen molar-refractivity contribution in [1.29, 1.82) is 0 Å². The smallest absolute Gasteiger partial charge is 0.329 e. The number of methoxy groups -OCH3 is 2. The average molecular weight is 450 g/mol. The highest BCUT2D eigenvalue weighted by molar-refractivity contribution is 5.87. The highest BCUT2D eigenvalue weighted by atomic mass is 19.2. The van der Waals surface area contributed by atoms with Crippen LogP contribution in [0.25, 0.3) is 0 Å². The summed E-state index contributed by atoms with van der Waals surface area (Å²) < 4.78 is 35.9. The lowest BCUT2D eigenvalue weighted by atomic mass is 9.88. The molecule has 1 amide bonds. The number of nitrogens with zero attached hydrogens (tertiary/aromatic N) is 1. The van der Waals surface area contributed by atoms with Crippen LogP contribution in [0.4, 0.5) is 14.5 Å². The van der Waals surface area contributed by atoms with Crippen LogP contribution in [-0.2, 0) is 30.3 Å². The van der Waals surface area contributed by atoms with Crippen LogP contribution in [0.2, 0.25) is 0 Å². The summed E-state index contributed by atoms with van der Waals surface area (Å²) >= 11 is 0. The monoisotopic (exact) mass is 450 g/mol. The third-order valence-electron chi connectivity index (χ3n) is 4.67. The summed E-state index contributed by atoms with van der Waals surface area (Å²) in [5.41, 5.74) is 0.289. The van der Waals surface area contributed by atoms with Crippen molar-refractivity contribution in [3.63, 3.8) is 0 Å². The minimum atomic E-state index is -1.36. The first kappa shape index (κ1) is 24.4. The lowest BCUT2D eigenvalue weighted by Crippen LogP contribution is -2.46. The number of nitrogens with one attached hydrogen (secondary N) is 1. The highest BCUT2D eigenvalue weighted by Crippen LogP contribution is 2.27. The van der Waals surface area contributed by atoms with Crippen molar-refractivity contribution in [1.82, 2.24) is 5.32 Å². The van der Waals surface area contributed by atoms with Gasteiger partial charge in [-0.05, 0) is 23.3 Å². The summed E-state index contributed by atoms with van der Waals surface area (Å²) in [5.74, 6) is -5.48. The second-order valence-electron chi connectivity index (χ2n) is 6.73. The van der Waals surface area contributed by atoms with E-state index in [1.165, 1.54) is 30.3 Å². The van der Waals surface area contributed by atoms with Crippen molar-refractivity contribution in [3.8, 4) is 0 Å². The molecule has 0 heterocycles. The molecule has 2 rings (SSSR count). The molecule has 11 heteroatoms. The van der Waals surface area contributed by atoms with Gasteiger partial charge in [0, 0.05) is 18.1 Å². The average Bonchev–Trinajstić information content (AvgIpc) is 2.77. The van der Waals surface area contributed by atoms with Crippen molar-refractivity contribution in [2.24, 2.45) is 0 Å². The predicted octanol–water partition coefficient (Wildman–Crippen LogP) is 2.42. The summed E-state index contributed by atoms with van der Waals surface area (Å²) in [6, 6.07) is 6.66. The van der Waals surface area contributed by atoms with Crippen LogP contribution in [-0.4, -0.2) is 43.0 Å². The molecule has 0 aliphatic rings. The van der Waals surface area contributed by atoms with Gasteiger partial charge in [-0.3, -0.25) is 19.7 Å². The van der Waals surface area contributed by atoms with Gasteiger partial charge in [0.1, 0.15) is 6.04 Å². The maximum atomic E-state index is 13.4.